The van der Waals surface area contributed by atoms with Crippen LogP contribution in [0.4, 0.5) is 8.78 Å². The third kappa shape index (κ3) is 2.32. The quantitative estimate of drug-likeness (QED) is 0.741. The van der Waals surface area contributed by atoms with Crippen LogP contribution in [0.15, 0.2) is 41.5 Å². The average molecular weight is 306 g/mol. The van der Waals surface area contributed by atoms with Crippen molar-refractivity contribution in [1.82, 2.24) is 19.2 Å². The summed E-state index contributed by atoms with van der Waals surface area (Å²) in [6.45, 7) is 2.42. The van der Waals surface area contributed by atoms with Gasteiger partial charge in [-0.3, -0.25) is 13.8 Å². The third-order valence-electron chi connectivity index (χ3n) is 3.12. The molecule has 8 heteroatoms. The number of alkyl halides is 2. The van der Waals surface area contributed by atoms with Crippen molar-refractivity contribution in [2.45, 2.75) is 13.3 Å². The van der Waals surface area contributed by atoms with Crippen LogP contribution in [0.1, 0.15) is 19.2 Å². The second kappa shape index (κ2) is 5.55. The molecule has 22 heavy (non-hydrogen) atoms. The van der Waals surface area contributed by atoms with Crippen molar-refractivity contribution in [1.29, 1.82) is 0 Å². The van der Waals surface area contributed by atoms with Gasteiger partial charge in [0.25, 0.3) is 6.43 Å². The standard InChI is InChI=1S/C14H12F2N4O2/c1-2-22-10-5-3-9(4-6-10)19-7-8-20-12(11(15)16)17-18-13(20)14(19)21/h3-8,11H,2H2,1H3. The molecule has 0 amide bonds. The van der Waals surface area contributed by atoms with Crippen molar-refractivity contribution < 1.29 is 13.5 Å². The summed E-state index contributed by atoms with van der Waals surface area (Å²) in [7, 11) is 0. The van der Waals surface area contributed by atoms with E-state index in [2.05, 4.69) is 10.2 Å². The van der Waals surface area contributed by atoms with Gasteiger partial charge in [-0.1, -0.05) is 0 Å². The van der Waals surface area contributed by atoms with E-state index in [1.807, 2.05) is 6.92 Å². The van der Waals surface area contributed by atoms with Gasteiger partial charge in [0, 0.05) is 18.1 Å². The van der Waals surface area contributed by atoms with Crippen LogP contribution in [-0.4, -0.2) is 25.8 Å². The highest BCUT2D eigenvalue weighted by molar-refractivity contribution is 5.42. The summed E-state index contributed by atoms with van der Waals surface area (Å²) in [5.41, 5.74) is -0.0877. The Morgan fingerprint density at radius 2 is 1.91 bits per heavy atom. The molecule has 0 fully saturated rings. The Bertz CT molecular complexity index is 855. The van der Waals surface area contributed by atoms with E-state index in [1.165, 1.54) is 17.0 Å². The molecule has 1 aromatic carbocycles. The summed E-state index contributed by atoms with van der Waals surface area (Å²) in [6.07, 6.45) is -0.0506. The third-order valence-corrected chi connectivity index (χ3v) is 3.12. The molecule has 0 saturated heterocycles. The molecule has 0 radical (unpaired) electrons. The number of aromatic nitrogens is 4. The molecule has 2 heterocycles. The van der Waals surface area contributed by atoms with Gasteiger partial charge in [-0.15, -0.1) is 10.2 Å². The molecule has 0 N–H and O–H groups in total. The highest BCUT2D eigenvalue weighted by Gasteiger charge is 2.18. The first-order chi connectivity index (χ1) is 10.6. The maximum absolute atomic E-state index is 12.8. The van der Waals surface area contributed by atoms with Crippen LogP contribution in [0.5, 0.6) is 5.75 Å². The second-order valence-electron chi connectivity index (χ2n) is 4.45. The molecule has 0 aliphatic heterocycles. The Kier molecular flexibility index (Phi) is 3.58. The van der Waals surface area contributed by atoms with Crippen LogP contribution >= 0.6 is 0 Å². The summed E-state index contributed by atoms with van der Waals surface area (Å²) in [5, 5.41) is 6.91. The van der Waals surface area contributed by atoms with Crippen LogP contribution in [0, 0.1) is 0 Å². The molecule has 2 aromatic heterocycles. The molecule has 0 unspecified atom stereocenters. The van der Waals surface area contributed by atoms with Gasteiger partial charge in [0.05, 0.1) is 6.61 Å². The van der Waals surface area contributed by atoms with Crippen molar-refractivity contribution in [2.24, 2.45) is 0 Å². The first kappa shape index (κ1) is 14.2. The Morgan fingerprint density at radius 3 is 2.55 bits per heavy atom. The fourth-order valence-electron chi connectivity index (χ4n) is 2.13. The molecule has 0 bridgehead atoms. The number of hydrogen-bond acceptors (Lipinski definition) is 4. The lowest BCUT2D eigenvalue weighted by Gasteiger charge is -2.08. The molecule has 0 aliphatic rings. The average Bonchev–Trinajstić information content (AvgIpc) is 2.94. The van der Waals surface area contributed by atoms with Crippen molar-refractivity contribution in [2.75, 3.05) is 6.61 Å². The Hall–Kier alpha value is -2.77. The first-order valence-corrected chi connectivity index (χ1v) is 6.59. The Morgan fingerprint density at radius 1 is 1.18 bits per heavy atom. The lowest BCUT2D eigenvalue weighted by molar-refractivity contribution is 0.139. The minimum Gasteiger partial charge on any atom is -0.494 e. The monoisotopic (exact) mass is 306 g/mol. The first-order valence-electron chi connectivity index (χ1n) is 6.59. The zero-order valence-electron chi connectivity index (χ0n) is 11.6. The molecule has 0 spiro atoms. The zero-order chi connectivity index (χ0) is 15.7. The largest absolute Gasteiger partial charge is 0.494 e. The molecule has 114 valence electrons. The minimum absolute atomic E-state index is 0.147. The van der Waals surface area contributed by atoms with Crippen LogP contribution in [0.25, 0.3) is 11.3 Å². The lowest BCUT2D eigenvalue weighted by Crippen LogP contribution is -2.20. The summed E-state index contributed by atoms with van der Waals surface area (Å²) in [5.74, 6) is 0.133. The molecule has 3 rings (SSSR count). The van der Waals surface area contributed by atoms with Gasteiger partial charge >= 0.3 is 5.56 Å². The van der Waals surface area contributed by atoms with Crippen molar-refractivity contribution in [3.05, 3.63) is 52.8 Å². The van der Waals surface area contributed by atoms with E-state index in [0.29, 0.717) is 18.0 Å². The SMILES string of the molecule is CCOc1ccc(-n2ccn3c(C(F)F)nnc3c2=O)cc1. The maximum atomic E-state index is 12.8. The number of nitrogens with zero attached hydrogens (tertiary/aromatic N) is 4. The summed E-state index contributed by atoms with van der Waals surface area (Å²) in [4.78, 5) is 12.3. The van der Waals surface area contributed by atoms with Gasteiger partial charge < -0.3 is 4.74 Å². The molecular weight excluding hydrogens is 294 g/mol. The van der Waals surface area contributed by atoms with Gasteiger partial charge in [0.15, 0.2) is 0 Å². The van der Waals surface area contributed by atoms with Crippen LogP contribution in [-0.2, 0) is 0 Å². The summed E-state index contributed by atoms with van der Waals surface area (Å²) in [6, 6.07) is 6.86. The number of benzene rings is 1. The van der Waals surface area contributed by atoms with Gasteiger partial charge in [-0.05, 0) is 31.2 Å². The van der Waals surface area contributed by atoms with Gasteiger partial charge in [0.2, 0.25) is 11.5 Å². The van der Waals surface area contributed by atoms with Crippen molar-refractivity contribution in [3.8, 4) is 11.4 Å². The fourth-order valence-corrected chi connectivity index (χ4v) is 2.13. The fraction of sp³-hybridized carbons (Fsp3) is 0.214. The molecule has 0 saturated carbocycles. The number of fused-ring (bicyclic) bond motifs is 1. The van der Waals surface area contributed by atoms with Crippen LogP contribution in [0.3, 0.4) is 0 Å². The van der Waals surface area contributed by atoms with Crippen molar-refractivity contribution >= 4 is 5.65 Å². The van der Waals surface area contributed by atoms with E-state index in [1.54, 1.807) is 24.3 Å². The molecular formula is C14H12F2N4O2. The van der Waals surface area contributed by atoms with Gasteiger partial charge in [-0.2, -0.15) is 0 Å². The van der Waals surface area contributed by atoms with E-state index in [0.717, 1.165) is 4.40 Å². The second-order valence-corrected chi connectivity index (χ2v) is 4.45. The predicted octanol–water partition coefficient (Wildman–Crippen LogP) is 2.22. The highest BCUT2D eigenvalue weighted by Crippen LogP contribution is 2.17. The normalized spacial score (nSPS) is 11.3. The van der Waals surface area contributed by atoms with Gasteiger partial charge in [0.1, 0.15) is 5.75 Å². The van der Waals surface area contributed by atoms with E-state index >= 15 is 0 Å². The molecule has 0 atom stereocenters. The predicted molar refractivity (Wildman–Crippen MR) is 74.7 cm³/mol. The van der Waals surface area contributed by atoms with Gasteiger partial charge in [-0.25, -0.2) is 8.78 Å². The number of halogens is 2. The molecule has 6 nitrogen and oxygen atoms in total. The van der Waals surface area contributed by atoms with E-state index in [-0.39, 0.29) is 5.65 Å². The van der Waals surface area contributed by atoms with E-state index < -0.39 is 17.8 Å². The topological polar surface area (TPSA) is 61.4 Å². The number of hydrogen-bond donors (Lipinski definition) is 0. The van der Waals surface area contributed by atoms with E-state index in [4.69, 9.17) is 4.74 Å². The smallest absolute Gasteiger partial charge is 0.300 e. The molecule has 3 aromatic rings. The minimum atomic E-state index is -2.80. The Balaban J connectivity index is 2.08. The molecule has 0 aliphatic carbocycles. The van der Waals surface area contributed by atoms with Crippen LogP contribution < -0.4 is 10.3 Å². The summed E-state index contributed by atoms with van der Waals surface area (Å²) < 4.78 is 33.2. The van der Waals surface area contributed by atoms with Crippen LogP contribution in [0.2, 0.25) is 0 Å². The Labute approximate surface area is 123 Å². The van der Waals surface area contributed by atoms with Crippen molar-refractivity contribution in [3.63, 3.8) is 0 Å². The van der Waals surface area contributed by atoms with E-state index in [9.17, 15) is 13.6 Å². The number of ether oxygens (including phenoxy) is 1. The highest BCUT2D eigenvalue weighted by atomic mass is 19.3. The zero-order valence-corrected chi connectivity index (χ0v) is 11.6. The lowest BCUT2D eigenvalue weighted by atomic mass is 10.3. The summed E-state index contributed by atoms with van der Waals surface area (Å²) >= 11 is 0. The number of rotatable bonds is 4. The maximum Gasteiger partial charge on any atom is 0.300 e.